The van der Waals surface area contributed by atoms with Gasteiger partial charge >= 0.3 is 0 Å². The normalized spacial score (nSPS) is 9.71. The number of rotatable bonds is 2. The van der Waals surface area contributed by atoms with Crippen molar-refractivity contribution >= 4 is 11.6 Å². The molecule has 1 rings (SSSR count). The summed E-state index contributed by atoms with van der Waals surface area (Å²) in [6.45, 7) is 3.09. The first-order valence-electron chi connectivity index (χ1n) is 4.16. The van der Waals surface area contributed by atoms with Crippen LogP contribution in [0.4, 0.5) is 10.1 Å². The molecule has 0 atom stereocenters. The highest BCUT2D eigenvalue weighted by molar-refractivity contribution is 5.88. The van der Waals surface area contributed by atoms with Crippen LogP contribution in [0.3, 0.4) is 0 Å². The van der Waals surface area contributed by atoms with Crippen LogP contribution in [0.2, 0.25) is 0 Å². The predicted molar refractivity (Wildman–Crippen MR) is 52.0 cm³/mol. The molecule has 14 heavy (non-hydrogen) atoms. The van der Waals surface area contributed by atoms with Crippen LogP contribution in [0.15, 0.2) is 12.1 Å². The molecule has 0 spiro atoms. The molecule has 0 unspecified atom stereocenters. The van der Waals surface area contributed by atoms with Crippen LogP contribution < -0.4 is 10.1 Å². The monoisotopic (exact) mass is 197 g/mol. The Labute approximate surface area is 81.9 Å². The molecular formula is C10H12FNO2. The first kappa shape index (κ1) is 10.5. The quantitative estimate of drug-likeness (QED) is 0.788. The van der Waals surface area contributed by atoms with Gasteiger partial charge < -0.3 is 10.1 Å². The molecule has 0 radical (unpaired) electrons. The number of ether oxygens (including phenoxy) is 1. The molecule has 0 saturated heterocycles. The molecule has 4 heteroatoms. The Morgan fingerprint density at radius 2 is 2.14 bits per heavy atom. The fourth-order valence-electron chi connectivity index (χ4n) is 1.26. The molecule has 1 amide bonds. The van der Waals surface area contributed by atoms with Gasteiger partial charge in [0.1, 0.15) is 0 Å². The SMILES string of the molecule is COc1c(C)cc(NC(C)=O)cc1F. The molecule has 0 aliphatic rings. The summed E-state index contributed by atoms with van der Waals surface area (Å²) in [6.07, 6.45) is 0. The maximum Gasteiger partial charge on any atom is 0.221 e. The van der Waals surface area contributed by atoms with E-state index in [1.807, 2.05) is 0 Å². The maximum absolute atomic E-state index is 13.3. The lowest BCUT2D eigenvalue weighted by Crippen LogP contribution is -2.06. The van der Waals surface area contributed by atoms with E-state index in [0.717, 1.165) is 0 Å². The third-order valence-corrected chi connectivity index (χ3v) is 1.75. The Kier molecular flexibility index (Phi) is 3.06. The zero-order valence-corrected chi connectivity index (χ0v) is 8.35. The van der Waals surface area contributed by atoms with Gasteiger partial charge in [-0.1, -0.05) is 0 Å². The van der Waals surface area contributed by atoms with Crippen LogP contribution in [0.5, 0.6) is 5.75 Å². The summed E-state index contributed by atoms with van der Waals surface area (Å²) in [5.74, 6) is -0.496. The molecule has 1 aromatic carbocycles. The van der Waals surface area contributed by atoms with E-state index in [4.69, 9.17) is 4.74 Å². The van der Waals surface area contributed by atoms with Gasteiger partial charge in [-0.25, -0.2) is 4.39 Å². The first-order chi connectivity index (χ1) is 6.54. The molecule has 0 heterocycles. The summed E-state index contributed by atoms with van der Waals surface area (Å²) in [5.41, 5.74) is 1.09. The summed E-state index contributed by atoms with van der Waals surface area (Å²) in [7, 11) is 1.41. The molecular weight excluding hydrogens is 185 g/mol. The Bertz CT molecular complexity index is 340. The molecule has 1 aromatic rings. The average molecular weight is 197 g/mol. The van der Waals surface area contributed by atoms with Gasteiger partial charge in [0, 0.05) is 18.7 Å². The van der Waals surface area contributed by atoms with Crippen LogP contribution in [0.1, 0.15) is 12.5 Å². The van der Waals surface area contributed by atoms with E-state index in [-0.39, 0.29) is 11.7 Å². The number of benzene rings is 1. The van der Waals surface area contributed by atoms with Crippen LogP contribution in [0.25, 0.3) is 0 Å². The van der Waals surface area contributed by atoms with Gasteiger partial charge in [0.15, 0.2) is 11.6 Å². The molecule has 0 saturated carbocycles. The number of nitrogens with one attached hydrogen (secondary N) is 1. The minimum absolute atomic E-state index is 0.208. The fourth-order valence-corrected chi connectivity index (χ4v) is 1.26. The molecule has 0 bridgehead atoms. The van der Waals surface area contributed by atoms with Gasteiger partial charge in [-0.3, -0.25) is 4.79 Å². The van der Waals surface area contributed by atoms with Gasteiger partial charge in [0.25, 0.3) is 0 Å². The summed E-state index contributed by atoms with van der Waals surface area (Å²) in [5, 5.41) is 2.50. The average Bonchev–Trinajstić information content (AvgIpc) is 2.01. The van der Waals surface area contributed by atoms with Crippen molar-refractivity contribution in [1.29, 1.82) is 0 Å². The number of carbonyl (C=O) groups is 1. The number of carbonyl (C=O) groups excluding carboxylic acids is 1. The standard InChI is InChI=1S/C10H12FNO2/c1-6-4-8(12-7(2)13)5-9(11)10(6)14-3/h4-5H,1-3H3,(H,12,13). The van der Waals surface area contributed by atoms with Gasteiger partial charge in [-0.15, -0.1) is 0 Å². The Morgan fingerprint density at radius 3 is 2.57 bits per heavy atom. The highest BCUT2D eigenvalue weighted by Crippen LogP contribution is 2.25. The van der Waals surface area contributed by atoms with Gasteiger partial charge in [-0.05, 0) is 18.6 Å². The lowest BCUT2D eigenvalue weighted by atomic mass is 10.2. The zero-order chi connectivity index (χ0) is 10.7. The summed E-state index contributed by atoms with van der Waals surface area (Å²) in [4.78, 5) is 10.7. The van der Waals surface area contributed by atoms with Crippen LogP contribution in [-0.4, -0.2) is 13.0 Å². The highest BCUT2D eigenvalue weighted by Gasteiger charge is 2.08. The lowest BCUT2D eigenvalue weighted by Gasteiger charge is -2.08. The number of amides is 1. The molecule has 0 fully saturated rings. The van der Waals surface area contributed by atoms with Crippen molar-refractivity contribution in [1.82, 2.24) is 0 Å². The largest absolute Gasteiger partial charge is 0.493 e. The molecule has 76 valence electrons. The van der Waals surface area contributed by atoms with Gasteiger partial charge in [0.05, 0.1) is 7.11 Å². The smallest absolute Gasteiger partial charge is 0.221 e. The minimum atomic E-state index is -0.476. The van der Waals surface area contributed by atoms with Crippen molar-refractivity contribution in [3.8, 4) is 5.75 Å². The fraction of sp³-hybridized carbons (Fsp3) is 0.300. The minimum Gasteiger partial charge on any atom is -0.493 e. The van der Waals surface area contributed by atoms with Gasteiger partial charge in [0.2, 0.25) is 5.91 Å². The summed E-state index contributed by atoms with van der Waals surface area (Å²) >= 11 is 0. The second kappa shape index (κ2) is 4.09. The van der Waals surface area contributed by atoms with Crippen molar-refractivity contribution in [2.24, 2.45) is 0 Å². The van der Waals surface area contributed by atoms with Crippen LogP contribution in [-0.2, 0) is 4.79 Å². The molecule has 1 N–H and O–H groups in total. The van der Waals surface area contributed by atoms with E-state index in [1.54, 1.807) is 13.0 Å². The van der Waals surface area contributed by atoms with Crippen molar-refractivity contribution in [3.05, 3.63) is 23.5 Å². The van der Waals surface area contributed by atoms with E-state index >= 15 is 0 Å². The summed E-state index contributed by atoms with van der Waals surface area (Å²) < 4.78 is 18.1. The predicted octanol–water partition coefficient (Wildman–Crippen LogP) is 2.10. The zero-order valence-electron chi connectivity index (χ0n) is 8.35. The molecule has 0 aromatic heterocycles. The third kappa shape index (κ3) is 2.22. The van der Waals surface area contributed by atoms with E-state index in [9.17, 15) is 9.18 Å². The number of methoxy groups -OCH3 is 1. The molecule has 0 aliphatic heterocycles. The second-order valence-corrected chi connectivity index (χ2v) is 2.99. The van der Waals surface area contributed by atoms with Crippen LogP contribution in [0, 0.1) is 12.7 Å². The van der Waals surface area contributed by atoms with Gasteiger partial charge in [-0.2, -0.15) is 0 Å². The topological polar surface area (TPSA) is 38.3 Å². The van der Waals surface area contributed by atoms with Crippen molar-refractivity contribution in [2.75, 3.05) is 12.4 Å². The Morgan fingerprint density at radius 1 is 1.50 bits per heavy atom. The summed E-state index contributed by atoms with van der Waals surface area (Å²) in [6, 6.07) is 2.89. The second-order valence-electron chi connectivity index (χ2n) is 2.99. The van der Waals surface area contributed by atoms with E-state index in [1.165, 1.54) is 20.1 Å². The first-order valence-corrected chi connectivity index (χ1v) is 4.16. The van der Waals surface area contributed by atoms with Crippen molar-refractivity contribution < 1.29 is 13.9 Å². The third-order valence-electron chi connectivity index (χ3n) is 1.75. The van der Waals surface area contributed by atoms with E-state index < -0.39 is 5.82 Å². The maximum atomic E-state index is 13.3. The molecule has 0 aliphatic carbocycles. The Hall–Kier alpha value is -1.58. The number of aryl methyl sites for hydroxylation is 1. The number of halogens is 1. The highest BCUT2D eigenvalue weighted by atomic mass is 19.1. The van der Waals surface area contributed by atoms with Crippen molar-refractivity contribution in [2.45, 2.75) is 13.8 Å². The van der Waals surface area contributed by atoms with E-state index in [0.29, 0.717) is 11.3 Å². The number of anilines is 1. The Balaban J connectivity index is 3.07. The number of hydrogen-bond acceptors (Lipinski definition) is 2. The molecule has 3 nitrogen and oxygen atoms in total. The van der Waals surface area contributed by atoms with E-state index in [2.05, 4.69) is 5.32 Å². The lowest BCUT2D eigenvalue weighted by molar-refractivity contribution is -0.114. The van der Waals surface area contributed by atoms with Crippen LogP contribution >= 0.6 is 0 Å². The van der Waals surface area contributed by atoms with Crippen molar-refractivity contribution in [3.63, 3.8) is 0 Å². The number of hydrogen-bond donors (Lipinski definition) is 1.